The first-order valence-corrected chi connectivity index (χ1v) is 5.69. The van der Waals surface area contributed by atoms with Crippen molar-refractivity contribution >= 4 is 5.84 Å². The number of aromatic nitrogens is 1. The molecule has 0 aromatic carbocycles. The lowest BCUT2D eigenvalue weighted by Crippen LogP contribution is -2.36. The molecule has 20 heavy (non-hydrogen) atoms. The highest BCUT2D eigenvalue weighted by atomic mass is 19.4. The van der Waals surface area contributed by atoms with Gasteiger partial charge in [-0.25, -0.2) is 0 Å². The fourth-order valence-electron chi connectivity index (χ4n) is 1.69. The molecular weight excluding hydrogens is 277 g/mol. The number of hydrogen-bond donors (Lipinski definition) is 3. The highest BCUT2D eigenvalue weighted by Crippen LogP contribution is 2.18. The third kappa shape index (κ3) is 5.02. The van der Waals surface area contributed by atoms with Crippen LogP contribution in [0.2, 0.25) is 0 Å². The number of nitrogens with two attached hydrogens (primary N) is 1. The number of amidine groups is 1. The van der Waals surface area contributed by atoms with E-state index >= 15 is 0 Å². The summed E-state index contributed by atoms with van der Waals surface area (Å²) in [5.74, 6) is -0.281. The van der Waals surface area contributed by atoms with E-state index in [0.717, 1.165) is 4.90 Å². The first-order chi connectivity index (χ1) is 9.37. The fourth-order valence-corrected chi connectivity index (χ4v) is 1.69. The predicted octanol–water partition coefficient (Wildman–Crippen LogP) is 0.533. The number of aliphatic hydroxyl groups is 1. The van der Waals surface area contributed by atoms with Gasteiger partial charge >= 0.3 is 6.18 Å². The summed E-state index contributed by atoms with van der Waals surface area (Å²) in [7, 11) is 0. The average Bonchev–Trinajstić information content (AvgIpc) is 2.37. The standard InChI is InChI=1S/C11H15F3N4O2/c12-11(13,14)7-18(4-5-19)6-8-2-1-3-16-9(8)10(15)17-20/h1-3,19-20H,4-7H2,(H2,15,17). The van der Waals surface area contributed by atoms with E-state index in [1.54, 1.807) is 0 Å². The Bertz CT molecular complexity index is 465. The maximum Gasteiger partial charge on any atom is 0.401 e. The fraction of sp³-hybridized carbons (Fsp3) is 0.455. The van der Waals surface area contributed by atoms with Crippen LogP contribution in [0.4, 0.5) is 13.2 Å². The summed E-state index contributed by atoms with van der Waals surface area (Å²) in [6.07, 6.45) is -2.99. The van der Waals surface area contributed by atoms with Crippen LogP contribution in [0.15, 0.2) is 23.5 Å². The Kier molecular flexibility index (Phi) is 5.71. The van der Waals surface area contributed by atoms with E-state index in [-0.39, 0.29) is 24.6 Å². The van der Waals surface area contributed by atoms with Gasteiger partial charge in [-0.15, -0.1) is 0 Å². The summed E-state index contributed by atoms with van der Waals surface area (Å²) in [5.41, 5.74) is 5.91. The molecular formula is C11H15F3N4O2. The molecule has 0 fully saturated rings. The number of alkyl halides is 3. The van der Waals surface area contributed by atoms with Crippen molar-refractivity contribution in [2.45, 2.75) is 12.7 Å². The summed E-state index contributed by atoms with van der Waals surface area (Å²) in [6.45, 7) is -1.85. The van der Waals surface area contributed by atoms with Gasteiger partial charge in [-0.3, -0.25) is 9.88 Å². The zero-order chi connectivity index (χ0) is 15.2. The Hall–Kier alpha value is -1.87. The van der Waals surface area contributed by atoms with Gasteiger partial charge in [0, 0.05) is 19.3 Å². The lowest BCUT2D eigenvalue weighted by molar-refractivity contribution is -0.148. The van der Waals surface area contributed by atoms with E-state index in [4.69, 9.17) is 16.0 Å². The van der Waals surface area contributed by atoms with Crippen LogP contribution in [0.3, 0.4) is 0 Å². The largest absolute Gasteiger partial charge is 0.409 e. The van der Waals surface area contributed by atoms with Crippen LogP contribution in [-0.2, 0) is 6.54 Å². The number of hydrogen-bond acceptors (Lipinski definition) is 5. The van der Waals surface area contributed by atoms with Crippen molar-refractivity contribution in [3.8, 4) is 0 Å². The van der Waals surface area contributed by atoms with Crippen LogP contribution in [0, 0.1) is 0 Å². The van der Waals surface area contributed by atoms with Crippen LogP contribution >= 0.6 is 0 Å². The van der Waals surface area contributed by atoms with Crippen molar-refractivity contribution in [1.29, 1.82) is 0 Å². The number of aliphatic hydroxyl groups excluding tert-OH is 1. The molecule has 0 saturated heterocycles. The predicted molar refractivity (Wildman–Crippen MR) is 65.2 cm³/mol. The number of pyridine rings is 1. The second-order valence-electron chi connectivity index (χ2n) is 4.05. The van der Waals surface area contributed by atoms with Crippen LogP contribution in [0.25, 0.3) is 0 Å². The summed E-state index contributed by atoms with van der Waals surface area (Å²) >= 11 is 0. The summed E-state index contributed by atoms with van der Waals surface area (Å²) in [5, 5.41) is 20.2. The molecule has 1 heterocycles. The first kappa shape index (κ1) is 16.2. The van der Waals surface area contributed by atoms with E-state index in [1.165, 1.54) is 18.3 Å². The Morgan fingerprint density at radius 3 is 2.70 bits per heavy atom. The highest BCUT2D eigenvalue weighted by molar-refractivity contribution is 5.96. The Balaban J connectivity index is 2.94. The molecule has 1 aromatic rings. The average molecular weight is 292 g/mol. The Labute approximate surface area is 113 Å². The molecule has 9 heteroatoms. The van der Waals surface area contributed by atoms with E-state index in [1.807, 2.05) is 0 Å². The van der Waals surface area contributed by atoms with E-state index in [2.05, 4.69) is 10.1 Å². The minimum atomic E-state index is -4.38. The topological polar surface area (TPSA) is 95.0 Å². The maximum absolute atomic E-state index is 12.4. The van der Waals surface area contributed by atoms with Crippen LogP contribution in [0.1, 0.15) is 11.3 Å². The minimum absolute atomic E-state index is 0.111. The lowest BCUT2D eigenvalue weighted by atomic mass is 10.1. The molecule has 0 radical (unpaired) electrons. The van der Waals surface area contributed by atoms with Gasteiger partial charge in [0.25, 0.3) is 0 Å². The number of rotatable bonds is 6. The molecule has 0 bridgehead atoms. The van der Waals surface area contributed by atoms with Crippen molar-refractivity contribution in [2.75, 3.05) is 19.7 Å². The molecule has 0 atom stereocenters. The third-order valence-electron chi connectivity index (χ3n) is 2.45. The second-order valence-corrected chi connectivity index (χ2v) is 4.05. The third-order valence-corrected chi connectivity index (χ3v) is 2.45. The molecule has 112 valence electrons. The normalized spacial score (nSPS) is 12.9. The lowest BCUT2D eigenvalue weighted by Gasteiger charge is -2.23. The SMILES string of the molecule is N/C(=N/O)c1ncccc1CN(CCO)CC(F)(F)F. The van der Waals surface area contributed by atoms with Gasteiger partial charge in [-0.1, -0.05) is 11.2 Å². The van der Waals surface area contributed by atoms with E-state index in [0.29, 0.717) is 5.56 Å². The van der Waals surface area contributed by atoms with Crippen LogP contribution < -0.4 is 5.73 Å². The van der Waals surface area contributed by atoms with Gasteiger partial charge < -0.3 is 16.0 Å². The molecule has 0 aliphatic heterocycles. The quantitative estimate of drug-likeness (QED) is 0.308. The molecule has 0 amide bonds. The van der Waals surface area contributed by atoms with Crippen molar-refractivity contribution in [3.05, 3.63) is 29.6 Å². The highest BCUT2D eigenvalue weighted by Gasteiger charge is 2.30. The van der Waals surface area contributed by atoms with E-state index in [9.17, 15) is 13.2 Å². The number of oxime groups is 1. The minimum Gasteiger partial charge on any atom is -0.409 e. The summed E-state index contributed by atoms with van der Waals surface area (Å²) in [6, 6.07) is 3.06. The number of nitrogens with zero attached hydrogens (tertiary/aromatic N) is 3. The molecule has 1 rings (SSSR count). The maximum atomic E-state index is 12.4. The first-order valence-electron chi connectivity index (χ1n) is 5.69. The Morgan fingerprint density at radius 2 is 2.15 bits per heavy atom. The summed E-state index contributed by atoms with van der Waals surface area (Å²) < 4.78 is 37.3. The van der Waals surface area contributed by atoms with Crippen molar-refractivity contribution in [3.63, 3.8) is 0 Å². The molecule has 0 unspecified atom stereocenters. The number of halogens is 3. The molecule has 0 aliphatic rings. The second kappa shape index (κ2) is 7.06. The van der Waals surface area contributed by atoms with Gasteiger partial charge in [0.05, 0.1) is 13.2 Å². The van der Waals surface area contributed by atoms with Gasteiger partial charge in [0.2, 0.25) is 0 Å². The van der Waals surface area contributed by atoms with Crippen molar-refractivity contribution < 1.29 is 23.5 Å². The van der Waals surface area contributed by atoms with Gasteiger partial charge in [0.1, 0.15) is 5.69 Å². The summed E-state index contributed by atoms with van der Waals surface area (Å²) in [4.78, 5) is 4.88. The van der Waals surface area contributed by atoms with Crippen LogP contribution in [0.5, 0.6) is 0 Å². The molecule has 1 aromatic heterocycles. The molecule has 0 aliphatic carbocycles. The van der Waals surface area contributed by atoms with Crippen molar-refractivity contribution in [1.82, 2.24) is 9.88 Å². The monoisotopic (exact) mass is 292 g/mol. The zero-order valence-electron chi connectivity index (χ0n) is 10.5. The van der Waals surface area contributed by atoms with Crippen molar-refractivity contribution in [2.24, 2.45) is 10.9 Å². The molecule has 0 spiro atoms. The van der Waals surface area contributed by atoms with Gasteiger partial charge in [0.15, 0.2) is 5.84 Å². The zero-order valence-corrected chi connectivity index (χ0v) is 10.5. The molecule has 0 saturated carbocycles. The Morgan fingerprint density at radius 1 is 1.45 bits per heavy atom. The smallest absolute Gasteiger partial charge is 0.401 e. The van der Waals surface area contributed by atoms with Gasteiger partial charge in [-0.05, 0) is 11.6 Å². The molecule has 6 nitrogen and oxygen atoms in total. The van der Waals surface area contributed by atoms with Gasteiger partial charge in [-0.2, -0.15) is 13.2 Å². The molecule has 4 N–H and O–H groups in total. The van der Waals surface area contributed by atoms with Crippen LogP contribution in [-0.4, -0.2) is 51.9 Å². The van der Waals surface area contributed by atoms with E-state index < -0.39 is 19.3 Å².